The molecule has 3 aromatic rings. The number of azo groups is 1. The third-order valence-electron chi connectivity index (χ3n) is 2.25. The van der Waals surface area contributed by atoms with Crippen molar-refractivity contribution < 1.29 is 13.2 Å². The number of nitrogens with zero attached hydrogens (tertiary/aromatic N) is 4. The highest BCUT2D eigenvalue weighted by Crippen LogP contribution is 2.37. The van der Waals surface area contributed by atoms with Gasteiger partial charge < -0.3 is 0 Å². The Balaban J connectivity index is 1.76. The second-order valence-electron chi connectivity index (χ2n) is 3.70. The van der Waals surface area contributed by atoms with E-state index in [2.05, 4.69) is 20.4 Å². The van der Waals surface area contributed by atoms with Crippen LogP contribution >= 0.6 is 34.0 Å². The van der Waals surface area contributed by atoms with E-state index >= 15 is 0 Å². The van der Waals surface area contributed by atoms with Gasteiger partial charge in [0.2, 0.25) is 5.01 Å². The van der Waals surface area contributed by atoms with Gasteiger partial charge in [-0.1, -0.05) is 17.4 Å². The summed E-state index contributed by atoms with van der Waals surface area (Å²) in [5, 5.41) is 15.4. The van der Waals surface area contributed by atoms with Gasteiger partial charge in [0.1, 0.15) is 5.00 Å². The molecule has 10 heteroatoms. The van der Waals surface area contributed by atoms with Crippen molar-refractivity contribution in [3.8, 4) is 9.75 Å². The normalized spacial score (nSPS) is 12.3. The molecule has 21 heavy (non-hydrogen) atoms. The maximum absolute atomic E-state index is 12.4. The van der Waals surface area contributed by atoms with Crippen LogP contribution in [0.1, 0.15) is 5.01 Å². The van der Waals surface area contributed by atoms with E-state index in [1.54, 1.807) is 17.4 Å². The lowest BCUT2D eigenvalue weighted by Gasteiger charge is -1.96. The fraction of sp³-hybridized carbons (Fsp3) is 0.0909. The predicted molar refractivity (Wildman–Crippen MR) is 76.7 cm³/mol. The maximum atomic E-state index is 12.4. The molecule has 3 rings (SSSR count). The fourth-order valence-corrected chi connectivity index (χ4v) is 3.59. The molecule has 0 N–H and O–H groups in total. The standard InChI is InChI=1S/C11H5F3N4S3/c12-11(13,14)9-16-18-10(21-9)17-15-8-4-3-7(20-8)6-2-1-5-19-6/h1-5H/b17-15+. The first-order valence-corrected chi connectivity index (χ1v) is 8.00. The zero-order valence-corrected chi connectivity index (χ0v) is 12.5. The first-order valence-electron chi connectivity index (χ1n) is 5.48. The van der Waals surface area contributed by atoms with Crippen LogP contribution in [0.5, 0.6) is 0 Å². The summed E-state index contributed by atoms with van der Waals surface area (Å²) < 4.78 is 37.1. The molecular weight excluding hydrogens is 341 g/mol. The summed E-state index contributed by atoms with van der Waals surface area (Å²) in [4.78, 5) is 2.14. The van der Waals surface area contributed by atoms with Gasteiger partial charge in [-0.15, -0.1) is 43.1 Å². The van der Waals surface area contributed by atoms with Crippen LogP contribution in [0, 0.1) is 0 Å². The monoisotopic (exact) mass is 346 g/mol. The SMILES string of the molecule is FC(F)(F)c1nnc(/N=N/c2ccc(-c3cccs3)s2)s1. The highest BCUT2D eigenvalue weighted by molar-refractivity contribution is 7.23. The van der Waals surface area contributed by atoms with Crippen LogP contribution in [0.2, 0.25) is 0 Å². The molecule has 0 fully saturated rings. The Morgan fingerprint density at radius 2 is 1.81 bits per heavy atom. The van der Waals surface area contributed by atoms with Crippen LogP contribution in [0.25, 0.3) is 9.75 Å². The Labute approximate surface area is 128 Å². The molecule has 0 amide bonds. The minimum Gasteiger partial charge on any atom is -0.164 e. The first kappa shape index (κ1) is 14.3. The van der Waals surface area contributed by atoms with Gasteiger partial charge in [0.15, 0.2) is 0 Å². The van der Waals surface area contributed by atoms with Gasteiger partial charge in [0.25, 0.3) is 5.13 Å². The lowest BCUT2D eigenvalue weighted by atomic mass is 10.4. The number of thiophene rings is 2. The Bertz CT molecular complexity index is 758. The first-order chi connectivity index (χ1) is 10.0. The average Bonchev–Trinajstić information content (AvgIpc) is 3.16. The largest absolute Gasteiger partial charge is 0.445 e. The highest BCUT2D eigenvalue weighted by Gasteiger charge is 2.35. The van der Waals surface area contributed by atoms with Crippen molar-refractivity contribution in [2.45, 2.75) is 6.18 Å². The van der Waals surface area contributed by atoms with Crippen molar-refractivity contribution in [1.29, 1.82) is 0 Å². The van der Waals surface area contributed by atoms with Crippen LogP contribution in [0.15, 0.2) is 39.9 Å². The topological polar surface area (TPSA) is 50.5 Å². The van der Waals surface area contributed by atoms with Gasteiger partial charge in [-0.25, -0.2) is 0 Å². The van der Waals surface area contributed by atoms with Crippen molar-refractivity contribution in [3.63, 3.8) is 0 Å². The smallest absolute Gasteiger partial charge is 0.164 e. The van der Waals surface area contributed by atoms with Crippen molar-refractivity contribution in [3.05, 3.63) is 34.7 Å². The molecule has 0 saturated heterocycles. The van der Waals surface area contributed by atoms with Crippen molar-refractivity contribution in [1.82, 2.24) is 10.2 Å². The van der Waals surface area contributed by atoms with Crippen molar-refractivity contribution in [2.75, 3.05) is 0 Å². The van der Waals surface area contributed by atoms with Gasteiger partial charge in [0.05, 0.1) is 0 Å². The third kappa shape index (κ3) is 3.34. The second kappa shape index (κ2) is 5.62. The molecular formula is C11H5F3N4S3. The van der Waals surface area contributed by atoms with E-state index in [-0.39, 0.29) is 5.13 Å². The van der Waals surface area contributed by atoms with Crippen LogP contribution in [-0.4, -0.2) is 10.2 Å². The summed E-state index contributed by atoms with van der Waals surface area (Å²) in [6.07, 6.45) is -4.50. The molecule has 0 aliphatic carbocycles. The predicted octanol–water partition coefficient (Wildman–Crippen LogP) is 5.76. The molecule has 0 unspecified atom stereocenters. The molecule has 0 aliphatic rings. The van der Waals surface area contributed by atoms with E-state index in [0.717, 1.165) is 9.75 Å². The molecule has 0 atom stereocenters. The fourth-order valence-electron chi connectivity index (χ4n) is 1.40. The Kier molecular flexibility index (Phi) is 3.83. The molecule has 3 aromatic heterocycles. The van der Waals surface area contributed by atoms with Gasteiger partial charge in [-0.2, -0.15) is 13.2 Å². The maximum Gasteiger partial charge on any atom is 0.445 e. The third-order valence-corrected chi connectivity index (χ3v) is 5.13. The number of aromatic nitrogens is 2. The van der Waals surface area contributed by atoms with E-state index in [9.17, 15) is 13.2 Å². The highest BCUT2D eigenvalue weighted by atomic mass is 32.1. The Hall–Kier alpha value is -1.65. The minimum absolute atomic E-state index is 0.117. The summed E-state index contributed by atoms with van der Waals surface area (Å²) in [6, 6.07) is 7.58. The second-order valence-corrected chi connectivity index (χ2v) is 6.67. The molecule has 0 radical (unpaired) electrons. The summed E-state index contributed by atoms with van der Waals surface area (Å²) in [5.74, 6) is 0. The Morgan fingerprint density at radius 1 is 0.952 bits per heavy atom. The Morgan fingerprint density at radius 3 is 2.48 bits per heavy atom. The minimum atomic E-state index is -4.50. The molecule has 108 valence electrons. The number of hydrogen-bond acceptors (Lipinski definition) is 7. The van der Waals surface area contributed by atoms with E-state index in [0.29, 0.717) is 16.3 Å². The molecule has 0 saturated carbocycles. The molecule has 4 nitrogen and oxygen atoms in total. The van der Waals surface area contributed by atoms with E-state index in [1.807, 2.05) is 23.6 Å². The summed E-state index contributed by atoms with van der Waals surface area (Å²) >= 11 is 3.37. The lowest BCUT2D eigenvalue weighted by Crippen LogP contribution is -2.03. The lowest BCUT2D eigenvalue weighted by molar-refractivity contribution is -0.138. The van der Waals surface area contributed by atoms with Crippen molar-refractivity contribution >= 4 is 44.1 Å². The quantitative estimate of drug-likeness (QED) is 0.566. The van der Waals surface area contributed by atoms with Gasteiger partial charge in [-0.05, 0) is 23.6 Å². The van der Waals surface area contributed by atoms with Crippen LogP contribution in [0.3, 0.4) is 0 Å². The number of rotatable bonds is 3. The van der Waals surface area contributed by atoms with Crippen molar-refractivity contribution in [2.24, 2.45) is 10.2 Å². The number of halogens is 3. The van der Waals surface area contributed by atoms with E-state index in [4.69, 9.17) is 0 Å². The van der Waals surface area contributed by atoms with Crippen LogP contribution in [-0.2, 0) is 6.18 Å². The summed E-state index contributed by atoms with van der Waals surface area (Å²) in [5.41, 5.74) is 0. The molecule has 0 spiro atoms. The molecule has 0 aliphatic heterocycles. The average molecular weight is 346 g/mol. The van der Waals surface area contributed by atoms with Gasteiger partial charge >= 0.3 is 6.18 Å². The summed E-state index contributed by atoms with van der Waals surface area (Å²) in [6.45, 7) is 0. The van der Waals surface area contributed by atoms with Crippen LogP contribution in [0.4, 0.5) is 23.3 Å². The zero-order chi connectivity index (χ0) is 14.9. The molecule has 0 bridgehead atoms. The molecule has 3 heterocycles. The van der Waals surface area contributed by atoms with Gasteiger partial charge in [-0.3, -0.25) is 0 Å². The summed E-state index contributed by atoms with van der Waals surface area (Å²) in [7, 11) is 0. The number of hydrogen-bond donors (Lipinski definition) is 0. The van der Waals surface area contributed by atoms with Gasteiger partial charge in [0, 0.05) is 9.75 Å². The molecule has 0 aromatic carbocycles. The van der Waals surface area contributed by atoms with E-state index < -0.39 is 11.2 Å². The van der Waals surface area contributed by atoms with E-state index in [1.165, 1.54) is 11.3 Å². The number of alkyl halides is 3. The van der Waals surface area contributed by atoms with Crippen LogP contribution < -0.4 is 0 Å². The zero-order valence-electron chi connectivity index (χ0n) is 10.0.